The topological polar surface area (TPSA) is 41.6 Å². The van der Waals surface area contributed by atoms with E-state index in [-0.39, 0.29) is 11.0 Å². The Hall–Kier alpha value is -0.610. The highest BCUT2D eigenvalue weighted by Gasteiger charge is 2.43. The van der Waals surface area contributed by atoms with Gasteiger partial charge in [0.05, 0.1) is 18.8 Å². The summed E-state index contributed by atoms with van der Waals surface area (Å²) in [5, 5.41) is 3.32. The molecule has 2 saturated heterocycles. The Morgan fingerprint density at radius 1 is 1.24 bits per heavy atom. The highest BCUT2D eigenvalue weighted by Crippen LogP contribution is 2.33. The molecule has 2 heterocycles. The van der Waals surface area contributed by atoms with Crippen molar-refractivity contribution in [3.63, 3.8) is 0 Å². The Kier molecular flexibility index (Phi) is 3.46. The number of carbonyl (C=O) groups is 1. The lowest BCUT2D eigenvalue weighted by atomic mass is 9.78. The lowest BCUT2D eigenvalue weighted by Gasteiger charge is -2.47. The van der Waals surface area contributed by atoms with Gasteiger partial charge in [0, 0.05) is 12.0 Å². The van der Waals surface area contributed by atoms with Gasteiger partial charge in [-0.1, -0.05) is 6.92 Å². The molecule has 17 heavy (non-hydrogen) atoms. The monoisotopic (exact) mass is 240 g/mol. The molecule has 0 bridgehead atoms. The van der Waals surface area contributed by atoms with Gasteiger partial charge in [0.1, 0.15) is 0 Å². The molecule has 0 aromatic rings. The molecule has 2 aliphatic rings. The van der Waals surface area contributed by atoms with E-state index in [1.54, 1.807) is 0 Å². The molecule has 2 fully saturated rings. The molecule has 0 radical (unpaired) electrons. The van der Waals surface area contributed by atoms with Gasteiger partial charge in [-0.2, -0.15) is 0 Å². The third-order valence-corrected chi connectivity index (χ3v) is 4.11. The van der Waals surface area contributed by atoms with Gasteiger partial charge in [0.25, 0.3) is 0 Å². The minimum atomic E-state index is -0.181. The van der Waals surface area contributed by atoms with E-state index in [1.165, 1.54) is 0 Å². The van der Waals surface area contributed by atoms with Gasteiger partial charge in [0.15, 0.2) is 0 Å². The van der Waals surface area contributed by atoms with Crippen molar-refractivity contribution in [3.05, 3.63) is 0 Å². The second-order valence-corrected chi connectivity index (χ2v) is 6.13. The number of nitrogens with zero attached hydrogens (tertiary/aromatic N) is 1. The van der Waals surface area contributed by atoms with E-state index < -0.39 is 0 Å². The predicted octanol–water partition coefficient (Wildman–Crippen LogP) is 1.01. The number of amides is 1. The van der Waals surface area contributed by atoms with Gasteiger partial charge in [0.2, 0.25) is 5.91 Å². The molecule has 0 spiro atoms. The molecular weight excluding hydrogens is 216 g/mol. The number of morpholine rings is 1. The van der Waals surface area contributed by atoms with E-state index in [9.17, 15) is 4.79 Å². The summed E-state index contributed by atoms with van der Waals surface area (Å²) in [5.74, 6) is 0.312. The first kappa shape index (κ1) is 12.8. The van der Waals surface area contributed by atoms with Crippen LogP contribution in [-0.2, 0) is 9.53 Å². The van der Waals surface area contributed by atoms with E-state index in [0.29, 0.717) is 19.1 Å². The molecule has 1 amide bonds. The minimum absolute atomic E-state index is 0.163. The highest BCUT2D eigenvalue weighted by atomic mass is 16.5. The van der Waals surface area contributed by atoms with Crippen LogP contribution in [-0.4, -0.2) is 49.2 Å². The lowest BCUT2D eigenvalue weighted by molar-refractivity contribution is -0.158. The molecule has 0 aromatic carbocycles. The van der Waals surface area contributed by atoms with Crippen LogP contribution in [0.5, 0.6) is 0 Å². The van der Waals surface area contributed by atoms with E-state index in [2.05, 4.69) is 26.1 Å². The maximum absolute atomic E-state index is 12.7. The summed E-state index contributed by atoms with van der Waals surface area (Å²) >= 11 is 0. The molecule has 0 unspecified atom stereocenters. The first-order chi connectivity index (χ1) is 7.96. The van der Waals surface area contributed by atoms with Gasteiger partial charge in [-0.3, -0.25) is 4.79 Å². The van der Waals surface area contributed by atoms with Crippen LogP contribution in [0.3, 0.4) is 0 Å². The van der Waals surface area contributed by atoms with Crippen molar-refractivity contribution in [3.8, 4) is 0 Å². The Balaban J connectivity index is 2.12. The zero-order valence-electron chi connectivity index (χ0n) is 11.2. The fourth-order valence-electron chi connectivity index (χ4n) is 2.75. The van der Waals surface area contributed by atoms with Crippen LogP contribution >= 0.6 is 0 Å². The van der Waals surface area contributed by atoms with Crippen molar-refractivity contribution in [1.82, 2.24) is 10.2 Å². The summed E-state index contributed by atoms with van der Waals surface area (Å²) in [7, 11) is 0. The van der Waals surface area contributed by atoms with Crippen molar-refractivity contribution in [1.29, 1.82) is 0 Å². The van der Waals surface area contributed by atoms with Crippen LogP contribution in [0.25, 0.3) is 0 Å². The summed E-state index contributed by atoms with van der Waals surface area (Å²) in [5.41, 5.74) is -0.344. The van der Waals surface area contributed by atoms with Crippen LogP contribution in [0, 0.1) is 5.41 Å². The van der Waals surface area contributed by atoms with Gasteiger partial charge >= 0.3 is 0 Å². The largest absolute Gasteiger partial charge is 0.377 e. The average molecular weight is 240 g/mol. The molecule has 0 atom stereocenters. The van der Waals surface area contributed by atoms with Crippen molar-refractivity contribution >= 4 is 5.91 Å². The van der Waals surface area contributed by atoms with Gasteiger partial charge in [-0.05, 0) is 39.8 Å². The summed E-state index contributed by atoms with van der Waals surface area (Å²) in [6.07, 6.45) is 1.89. The number of hydrogen-bond acceptors (Lipinski definition) is 3. The summed E-state index contributed by atoms with van der Waals surface area (Å²) in [4.78, 5) is 14.8. The zero-order chi connectivity index (χ0) is 12.5. The Labute approximate surface area is 104 Å². The molecule has 0 saturated carbocycles. The van der Waals surface area contributed by atoms with Crippen molar-refractivity contribution in [2.45, 2.75) is 39.2 Å². The summed E-state index contributed by atoms with van der Waals surface area (Å²) in [6.45, 7) is 10.2. The van der Waals surface area contributed by atoms with E-state index in [1.807, 2.05) is 4.90 Å². The quantitative estimate of drug-likeness (QED) is 0.744. The molecule has 2 rings (SSSR count). The molecule has 0 aromatic heterocycles. The van der Waals surface area contributed by atoms with E-state index >= 15 is 0 Å². The minimum Gasteiger partial charge on any atom is -0.377 e. The SMILES string of the molecule is CC1(C(=O)N2CCOCC2(C)C)CCNCC1. The normalized spacial score (nSPS) is 27.8. The zero-order valence-corrected chi connectivity index (χ0v) is 11.2. The summed E-state index contributed by atoms with van der Waals surface area (Å²) < 4.78 is 5.48. The Morgan fingerprint density at radius 2 is 1.88 bits per heavy atom. The lowest BCUT2D eigenvalue weighted by Crippen LogP contribution is -2.60. The fraction of sp³-hybridized carbons (Fsp3) is 0.923. The van der Waals surface area contributed by atoms with Crippen molar-refractivity contribution in [2.75, 3.05) is 32.8 Å². The fourth-order valence-corrected chi connectivity index (χ4v) is 2.75. The maximum Gasteiger partial charge on any atom is 0.229 e. The molecule has 1 N–H and O–H groups in total. The number of rotatable bonds is 1. The van der Waals surface area contributed by atoms with Crippen LogP contribution in [0.4, 0.5) is 0 Å². The van der Waals surface area contributed by atoms with Crippen LogP contribution < -0.4 is 5.32 Å². The maximum atomic E-state index is 12.7. The molecule has 4 heteroatoms. The van der Waals surface area contributed by atoms with Crippen molar-refractivity contribution in [2.24, 2.45) is 5.41 Å². The molecule has 2 aliphatic heterocycles. The smallest absolute Gasteiger partial charge is 0.229 e. The molecule has 98 valence electrons. The second kappa shape index (κ2) is 4.58. The molecule has 4 nitrogen and oxygen atoms in total. The highest BCUT2D eigenvalue weighted by molar-refractivity contribution is 5.83. The van der Waals surface area contributed by atoms with Crippen LogP contribution in [0.1, 0.15) is 33.6 Å². The second-order valence-electron chi connectivity index (χ2n) is 6.13. The van der Waals surface area contributed by atoms with E-state index in [0.717, 1.165) is 32.5 Å². The van der Waals surface area contributed by atoms with Crippen LogP contribution in [0.2, 0.25) is 0 Å². The van der Waals surface area contributed by atoms with Crippen molar-refractivity contribution < 1.29 is 9.53 Å². The first-order valence-electron chi connectivity index (χ1n) is 6.56. The molecule has 0 aliphatic carbocycles. The summed E-state index contributed by atoms with van der Waals surface area (Å²) in [6, 6.07) is 0. The van der Waals surface area contributed by atoms with Gasteiger partial charge in [-0.15, -0.1) is 0 Å². The first-order valence-corrected chi connectivity index (χ1v) is 6.56. The van der Waals surface area contributed by atoms with Crippen LogP contribution in [0.15, 0.2) is 0 Å². The number of ether oxygens (including phenoxy) is 1. The number of hydrogen-bond donors (Lipinski definition) is 1. The Morgan fingerprint density at radius 3 is 2.47 bits per heavy atom. The standard InChI is InChI=1S/C13H24N2O2/c1-12(2)10-17-9-8-15(12)11(16)13(3)4-6-14-7-5-13/h14H,4-10H2,1-3H3. The Bertz CT molecular complexity index is 296. The average Bonchev–Trinajstić information content (AvgIpc) is 2.28. The van der Waals surface area contributed by atoms with E-state index in [4.69, 9.17) is 4.74 Å². The third-order valence-electron chi connectivity index (χ3n) is 4.11. The number of nitrogens with one attached hydrogen (secondary N) is 1. The van der Waals surface area contributed by atoms with Gasteiger partial charge in [-0.25, -0.2) is 0 Å². The molecular formula is C13H24N2O2. The number of piperidine rings is 1. The third kappa shape index (κ3) is 2.47. The van der Waals surface area contributed by atoms with Gasteiger partial charge < -0.3 is 15.0 Å². The predicted molar refractivity (Wildman–Crippen MR) is 66.8 cm³/mol. The number of carbonyl (C=O) groups excluding carboxylic acids is 1.